The number of nitrogens with one attached hydrogen (secondary N) is 1. The third-order valence-electron chi connectivity index (χ3n) is 4.25. The number of aromatic nitrogens is 2. The number of fused-ring (bicyclic) bond motifs is 1. The summed E-state index contributed by atoms with van der Waals surface area (Å²) in [5.74, 6) is 0.725. The number of imidazole rings is 1. The molecule has 0 radical (unpaired) electrons. The Morgan fingerprint density at radius 2 is 2.00 bits per heavy atom. The summed E-state index contributed by atoms with van der Waals surface area (Å²) in [5.41, 5.74) is 1.63. The first-order chi connectivity index (χ1) is 12.7. The lowest BCUT2D eigenvalue weighted by Crippen LogP contribution is -2.15. The molecular formula is C17H19N5O4S. The molecule has 1 unspecified atom stereocenters. The van der Waals surface area contributed by atoms with Crippen LogP contribution in [0.5, 0.6) is 0 Å². The van der Waals surface area contributed by atoms with Gasteiger partial charge < -0.3 is 9.88 Å². The predicted octanol–water partition coefficient (Wildman–Crippen LogP) is 2.78. The van der Waals surface area contributed by atoms with E-state index in [2.05, 4.69) is 10.3 Å². The van der Waals surface area contributed by atoms with E-state index in [0.717, 1.165) is 22.9 Å². The number of para-hydroxylation sites is 2. The lowest BCUT2D eigenvalue weighted by atomic mass is 10.2. The van der Waals surface area contributed by atoms with Crippen molar-refractivity contribution in [1.29, 1.82) is 0 Å². The standard InChI is InChI=1S/C17H19N5O4S/c1-3-21-15-7-5-4-6-13(15)20-17(21)11(2)19-14-9-8-12(27(18,25)26)10-16(14)22(23)24/h4-11,19H,3H2,1-2H3,(H2,18,25,26). The van der Waals surface area contributed by atoms with E-state index in [1.807, 2.05) is 42.7 Å². The van der Waals surface area contributed by atoms with Gasteiger partial charge in [-0.1, -0.05) is 12.1 Å². The number of aryl methyl sites for hydroxylation is 1. The number of hydrogen-bond donors (Lipinski definition) is 2. The molecule has 0 spiro atoms. The number of nitrogens with zero attached hydrogens (tertiary/aromatic N) is 3. The summed E-state index contributed by atoms with van der Waals surface area (Å²) in [4.78, 5) is 15.1. The number of nitrogens with two attached hydrogens (primary N) is 1. The maximum absolute atomic E-state index is 11.5. The number of anilines is 1. The van der Waals surface area contributed by atoms with Gasteiger partial charge in [-0.3, -0.25) is 10.1 Å². The Morgan fingerprint density at radius 1 is 1.30 bits per heavy atom. The molecule has 3 N–H and O–H groups in total. The molecule has 27 heavy (non-hydrogen) atoms. The van der Waals surface area contributed by atoms with Gasteiger partial charge in [-0.05, 0) is 38.1 Å². The summed E-state index contributed by atoms with van der Waals surface area (Å²) < 4.78 is 25.0. The van der Waals surface area contributed by atoms with Crippen LogP contribution in [0, 0.1) is 10.1 Å². The molecular weight excluding hydrogens is 370 g/mol. The molecule has 2 aromatic carbocycles. The molecule has 0 aliphatic heterocycles. The molecule has 0 fully saturated rings. The van der Waals surface area contributed by atoms with Gasteiger partial charge in [-0.15, -0.1) is 0 Å². The van der Waals surface area contributed by atoms with Crippen molar-refractivity contribution in [2.45, 2.75) is 31.3 Å². The van der Waals surface area contributed by atoms with E-state index in [9.17, 15) is 18.5 Å². The summed E-state index contributed by atoms with van der Waals surface area (Å²) in [6.45, 7) is 4.52. The van der Waals surface area contributed by atoms with E-state index in [-0.39, 0.29) is 22.3 Å². The highest BCUT2D eigenvalue weighted by Gasteiger charge is 2.22. The zero-order valence-electron chi connectivity index (χ0n) is 14.8. The summed E-state index contributed by atoms with van der Waals surface area (Å²) in [6.07, 6.45) is 0. The number of primary sulfonamides is 1. The molecule has 3 rings (SSSR count). The Morgan fingerprint density at radius 3 is 2.63 bits per heavy atom. The first kappa shape index (κ1) is 18.8. The van der Waals surface area contributed by atoms with Crippen LogP contribution in [0.3, 0.4) is 0 Å². The number of nitro groups is 1. The maximum atomic E-state index is 11.5. The molecule has 1 aromatic heterocycles. The summed E-state index contributed by atoms with van der Waals surface area (Å²) in [7, 11) is -4.03. The second kappa shape index (κ2) is 6.97. The van der Waals surface area contributed by atoms with Crippen LogP contribution in [0.15, 0.2) is 47.4 Å². The number of sulfonamides is 1. The van der Waals surface area contributed by atoms with Crippen molar-refractivity contribution in [3.8, 4) is 0 Å². The SMILES string of the molecule is CCn1c(C(C)Nc2ccc(S(N)(=O)=O)cc2[N+](=O)[O-])nc2ccccc21. The summed E-state index contributed by atoms with van der Waals surface area (Å²) >= 11 is 0. The predicted molar refractivity (Wildman–Crippen MR) is 102 cm³/mol. The van der Waals surface area contributed by atoms with Crippen molar-refractivity contribution in [2.75, 3.05) is 5.32 Å². The third kappa shape index (κ3) is 3.62. The third-order valence-corrected chi connectivity index (χ3v) is 5.17. The molecule has 3 aromatic rings. The first-order valence-electron chi connectivity index (χ1n) is 8.25. The normalized spacial score (nSPS) is 12.9. The van der Waals surface area contributed by atoms with Crippen molar-refractivity contribution >= 4 is 32.4 Å². The van der Waals surface area contributed by atoms with Crippen molar-refractivity contribution in [2.24, 2.45) is 5.14 Å². The lowest BCUT2D eigenvalue weighted by molar-refractivity contribution is -0.384. The van der Waals surface area contributed by atoms with Crippen LogP contribution in [0.4, 0.5) is 11.4 Å². The van der Waals surface area contributed by atoms with Crippen LogP contribution in [0.2, 0.25) is 0 Å². The fourth-order valence-corrected chi connectivity index (χ4v) is 3.55. The molecule has 0 bridgehead atoms. The molecule has 1 heterocycles. The van der Waals surface area contributed by atoms with Gasteiger partial charge in [0, 0.05) is 12.6 Å². The Hall–Kier alpha value is -2.98. The number of rotatable bonds is 6. The molecule has 1 atom stereocenters. The largest absolute Gasteiger partial charge is 0.370 e. The molecule has 0 aliphatic rings. The van der Waals surface area contributed by atoms with E-state index >= 15 is 0 Å². The van der Waals surface area contributed by atoms with Crippen molar-refractivity contribution < 1.29 is 13.3 Å². The zero-order valence-corrected chi connectivity index (χ0v) is 15.6. The Balaban J connectivity index is 2.01. The fraction of sp³-hybridized carbons (Fsp3) is 0.235. The van der Waals surface area contributed by atoms with Crippen LogP contribution in [-0.4, -0.2) is 22.9 Å². The highest BCUT2D eigenvalue weighted by molar-refractivity contribution is 7.89. The maximum Gasteiger partial charge on any atom is 0.293 e. The molecule has 0 saturated carbocycles. The minimum atomic E-state index is -4.03. The van der Waals surface area contributed by atoms with Gasteiger partial charge >= 0.3 is 0 Å². The Bertz CT molecular complexity index is 1120. The van der Waals surface area contributed by atoms with Gasteiger partial charge in [0.25, 0.3) is 5.69 Å². The van der Waals surface area contributed by atoms with E-state index < -0.39 is 14.9 Å². The zero-order chi connectivity index (χ0) is 19.8. The monoisotopic (exact) mass is 389 g/mol. The smallest absolute Gasteiger partial charge is 0.293 e. The molecule has 0 amide bonds. The molecule has 0 aliphatic carbocycles. The summed E-state index contributed by atoms with van der Waals surface area (Å²) in [6, 6.07) is 10.9. The average Bonchev–Trinajstić information content (AvgIpc) is 2.99. The number of nitro benzene ring substituents is 1. The van der Waals surface area contributed by atoms with Crippen LogP contribution in [0.1, 0.15) is 25.7 Å². The van der Waals surface area contributed by atoms with E-state index in [1.54, 1.807) is 0 Å². The average molecular weight is 389 g/mol. The Kier molecular flexibility index (Phi) is 4.85. The first-order valence-corrected chi connectivity index (χ1v) is 9.80. The quantitative estimate of drug-likeness (QED) is 0.492. The minimum absolute atomic E-state index is 0.189. The molecule has 9 nitrogen and oxygen atoms in total. The van der Waals surface area contributed by atoms with Gasteiger partial charge in [-0.25, -0.2) is 18.5 Å². The van der Waals surface area contributed by atoms with Crippen LogP contribution in [0.25, 0.3) is 11.0 Å². The van der Waals surface area contributed by atoms with Gasteiger partial charge in [0.1, 0.15) is 11.5 Å². The molecule has 142 valence electrons. The van der Waals surface area contributed by atoms with Crippen LogP contribution < -0.4 is 10.5 Å². The molecule has 0 saturated heterocycles. The van der Waals surface area contributed by atoms with E-state index in [0.29, 0.717) is 6.54 Å². The van der Waals surface area contributed by atoms with E-state index in [1.165, 1.54) is 12.1 Å². The minimum Gasteiger partial charge on any atom is -0.370 e. The topological polar surface area (TPSA) is 133 Å². The Labute approximate surface area is 156 Å². The van der Waals surface area contributed by atoms with E-state index in [4.69, 9.17) is 5.14 Å². The van der Waals surface area contributed by atoms with Crippen molar-refractivity contribution in [1.82, 2.24) is 9.55 Å². The van der Waals surface area contributed by atoms with Gasteiger partial charge in [0.15, 0.2) is 0 Å². The second-order valence-corrected chi connectivity index (χ2v) is 7.61. The highest BCUT2D eigenvalue weighted by Crippen LogP contribution is 2.31. The van der Waals surface area contributed by atoms with Crippen molar-refractivity contribution in [3.05, 3.63) is 58.4 Å². The van der Waals surface area contributed by atoms with Crippen LogP contribution >= 0.6 is 0 Å². The number of benzene rings is 2. The second-order valence-electron chi connectivity index (χ2n) is 6.05. The highest BCUT2D eigenvalue weighted by atomic mass is 32.2. The van der Waals surface area contributed by atoms with Gasteiger partial charge in [-0.2, -0.15) is 0 Å². The fourth-order valence-electron chi connectivity index (χ4n) is 3.02. The number of hydrogen-bond acceptors (Lipinski definition) is 6. The summed E-state index contributed by atoms with van der Waals surface area (Å²) in [5, 5.41) is 19.5. The van der Waals surface area contributed by atoms with Gasteiger partial charge in [0.2, 0.25) is 10.0 Å². The van der Waals surface area contributed by atoms with Crippen molar-refractivity contribution in [3.63, 3.8) is 0 Å². The molecule has 10 heteroatoms. The lowest BCUT2D eigenvalue weighted by Gasteiger charge is -2.17. The van der Waals surface area contributed by atoms with Gasteiger partial charge in [0.05, 0.1) is 26.9 Å². The van der Waals surface area contributed by atoms with Crippen LogP contribution in [-0.2, 0) is 16.6 Å².